The summed E-state index contributed by atoms with van der Waals surface area (Å²) in [4.78, 5) is 43.3. The summed E-state index contributed by atoms with van der Waals surface area (Å²) >= 11 is 0. The third-order valence-corrected chi connectivity index (χ3v) is 6.40. The zero-order valence-electron chi connectivity index (χ0n) is 14.8. The summed E-state index contributed by atoms with van der Waals surface area (Å²) in [5, 5.41) is 12.0. The highest BCUT2D eigenvalue weighted by molar-refractivity contribution is 7.65. The van der Waals surface area contributed by atoms with Gasteiger partial charge in [-0.1, -0.05) is 24.3 Å². The maximum Gasteiger partial charge on any atom is 0.335 e. The molecule has 0 aliphatic heterocycles. The monoisotopic (exact) mass is 380 g/mol. The number of nitrogens with one attached hydrogen (secondary N) is 1. The molecule has 1 aromatic carbocycles. The van der Waals surface area contributed by atoms with Crippen molar-refractivity contribution in [1.29, 1.82) is 0 Å². The SMILES string of the molecule is O=C(CNCCc1cccc(C(=O)O)c1)C[P+](O)(O)CC1CC=CCC1. The molecule has 6 nitrogen and oxygen atoms in total. The third kappa shape index (κ3) is 7.34. The summed E-state index contributed by atoms with van der Waals surface area (Å²) in [5.74, 6) is -0.908. The van der Waals surface area contributed by atoms with Gasteiger partial charge in [-0.3, -0.25) is 4.79 Å². The van der Waals surface area contributed by atoms with Crippen molar-refractivity contribution in [1.82, 2.24) is 5.32 Å². The minimum atomic E-state index is -3.18. The number of hydrogen-bond donors (Lipinski definition) is 4. The van der Waals surface area contributed by atoms with E-state index in [4.69, 9.17) is 5.11 Å². The van der Waals surface area contributed by atoms with Crippen molar-refractivity contribution in [3.05, 3.63) is 47.5 Å². The van der Waals surface area contributed by atoms with Crippen LogP contribution in [0.25, 0.3) is 0 Å². The molecule has 1 aliphatic rings. The van der Waals surface area contributed by atoms with E-state index in [0.717, 1.165) is 24.8 Å². The zero-order valence-corrected chi connectivity index (χ0v) is 15.7. The standard InChI is InChI=1S/C19H26NO5P/c21-18(14-26(24,25)13-16-5-2-1-3-6-16)12-20-10-9-15-7-4-8-17(11-15)19(22)23/h1-2,4,7-8,11,16,20,24-25H,3,5-6,9-10,12-14H2/p+1. The van der Waals surface area contributed by atoms with Gasteiger partial charge in [-0.25, -0.2) is 14.6 Å². The van der Waals surface area contributed by atoms with Crippen molar-refractivity contribution < 1.29 is 24.5 Å². The minimum Gasteiger partial charge on any atom is -0.478 e. The molecule has 4 N–H and O–H groups in total. The number of carboxylic acid groups (broad SMARTS) is 1. The van der Waals surface area contributed by atoms with Crippen molar-refractivity contribution in [2.24, 2.45) is 5.92 Å². The summed E-state index contributed by atoms with van der Waals surface area (Å²) in [5.41, 5.74) is 1.12. The van der Waals surface area contributed by atoms with Gasteiger partial charge in [0.1, 0.15) is 6.16 Å². The first-order chi connectivity index (χ1) is 12.4. The van der Waals surface area contributed by atoms with Crippen LogP contribution in [0.3, 0.4) is 0 Å². The molecule has 2 rings (SSSR count). The maximum atomic E-state index is 12.0. The molecule has 0 bridgehead atoms. The lowest BCUT2D eigenvalue weighted by molar-refractivity contribution is -0.116. The fraction of sp³-hybridized carbons (Fsp3) is 0.474. The number of carboxylic acids is 1. The Labute approximate surface area is 154 Å². The van der Waals surface area contributed by atoms with Crippen LogP contribution in [0.1, 0.15) is 35.2 Å². The fourth-order valence-corrected chi connectivity index (χ4v) is 5.12. The maximum absolute atomic E-state index is 12.0. The number of hydrogen-bond acceptors (Lipinski definition) is 5. The van der Waals surface area contributed by atoms with E-state index in [-0.39, 0.29) is 30.0 Å². The van der Waals surface area contributed by atoms with E-state index in [9.17, 15) is 19.4 Å². The number of ketones is 1. The van der Waals surface area contributed by atoms with Crippen LogP contribution in [-0.2, 0) is 11.2 Å². The van der Waals surface area contributed by atoms with E-state index < -0.39 is 13.7 Å². The zero-order chi connectivity index (χ0) is 19.0. The third-order valence-electron chi connectivity index (χ3n) is 4.44. The number of aromatic carboxylic acids is 1. The highest BCUT2D eigenvalue weighted by atomic mass is 31.2. The number of carbonyl (C=O) groups excluding carboxylic acids is 1. The van der Waals surface area contributed by atoms with Crippen LogP contribution < -0.4 is 5.32 Å². The first-order valence-corrected chi connectivity index (χ1v) is 10.9. The van der Waals surface area contributed by atoms with Crippen molar-refractivity contribution in [2.75, 3.05) is 25.4 Å². The number of Topliss-reactive ketones (excluding diaryl/α,β-unsaturated/α-hetero) is 1. The molecule has 7 heteroatoms. The number of benzene rings is 1. The molecule has 0 heterocycles. The second-order valence-corrected chi connectivity index (χ2v) is 9.28. The normalized spacial score (nSPS) is 17.2. The lowest BCUT2D eigenvalue weighted by atomic mass is 9.96. The van der Waals surface area contributed by atoms with Gasteiger partial charge < -0.3 is 10.4 Å². The van der Waals surface area contributed by atoms with Gasteiger partial charge in [0.2, 0.25) is 0 Å². The lowest BCUT2D eigenvalue weighted by Gasteiger charge is -2.20. The molecule has 0 saturated heterocycles. The van der Waals surface area contributed by atoms with Gasteiger partial charge in [0.15, 0.2) is 11.9 Å². The largest absolute Gasteiger partial charge is 0.478 e. The Hall–Kier alpha value is -1.59. The van der Waals surface area contributed by atoms with Crippen molar-refractivity contribution in [3.63, 3.8) is 0 Å². The van der Waals surface area contributed by atoms with Gasteiger partial charge in [0.05, 0.1) is 12.1 Å². The predicted molar refractivity (Wildman–Crippen MR) is 103 cm³/mol. The van der Waals surface area contributed by atoms with Crippen molar-refractivity contribution in [2.45, 2.75) is 25.7 Å². The van der Waals surface area contributed by atoms with Crippen LogP contribution in [0, 0.1) is 5.92 Å². The Kier molecular flexibility index (Phi) is 7.91. The van der Waals surface area contributed by atoms with Gasteiger partial charge in [-0.2, -0.15) is 0 Å². The van der Waals surface area contributed by atoms with E-state index in [1.807, 2.05) is 6.07 Å². The quantitative estimate of drug-likeness (QED) is 0.282. The van der Waals surface area contributed by atoms with Gasteiger partial charge in [-0.15, -0.1) is 0 Å². The van der Waals surface area contributed by atoms with Crippen LogP contribution in [-0.4, -0.2) is 52.1 Å². The first kappa shape index (κ1) is 20.7. The number of rotatable bonds is 10. The Bertz CT molecular complexity index is 659. The highest BCUT2D eigenvalue weighted by Gasteiger charge is 2.38. The molecule has 0 saturated carbocycles. The summed E-state index contributed by atoms with van der Waals surface area (Å²) in [7, 11) is -3.18. The number of carbonyl (C=O) groups is 2. The van der Waals surface area contributed by atoms with Crippen LogP contribution in [0.2, 0.25) is 0 Å². The molecule has 142 valence electrons. The summed E-state index contributed by atoms with van der Waals surface area (Å²) < 4.78 is 0. The molecule has 0 aromatic heterocycles. The second kappa shape index (κ2) is 9.93. The number of allylic oxidation sites excluding steroid dienone is 2. The van der Waals surface area contributed by atoms with Gasteiger partial charge in [0.25, 0.3) is 7.72 Å². The smallest absolute Gasteiger partial charge is 0.335 e. The molecule has 1 unspecified atom stereocenters. The lowest BCUT2D eigenvalue weighted by Crippen LogP contribution is -2.28. The average Bonchev–Trinajstić information content (AvgIpc) is 2.59. The first-order valence-electron chi connectivity index (χ1n) is 8.88. The Morgan fingerprint density at radius 2 is 2.04 bits per heavy atom. The van der Waals surface area contributed by atoms with E-state index in [2.05, 4.69) is 17.5 Å². The Morgan fingerprint density at radius 3 is 2.73 bits per heavy atom. The molecule has 1 aliphatic carbocycles. The predicted octanol–water partition coefficient (Wildman–Crippen LogP) is 2.27. The summed E-state index contributed by atoms with van der Waals surface area (Å²) in [6, 6.07) is 6.69. The topological polar surface area (TPSA) is 107 Å². The van der Waals surface area contributed by atoms with Crippen molar-refractivity contribution >= 4 is 19.5 Å². The van der Waals surface area contributed by atoms with Crippen LogP contribution in [0.4, 0.5) is 0 Å². The highest BCUT2D eigenvalue weighted by Crippen LogP contribution is 2.52. The molecule has 1 aromatic rings. The Balaban J connectivity index is 1.68. The summed E-state index contributed by atoms with van der Waals surface area (Å²) in [6.07, 6.45) is 7.68. The van der Waals surface area contributed by atoms with E-state index in [0.29, 0.717) is 19.1 Å². The molecular formula is C19H27NO5P+. The fourth-order valence-electron chi connectivity index (χ4n) is 3.16. The average molecular weight is 380 g/mol. The van der Waals surface area contributed by atoms with Crippen LogP contribution >= 0.6 is 7.72 Å². The van der Waals surface area contributed by atoms with Gasteiger partial charge in [0, 0.05) is 5.92 Å². The molecule has 0 spiro atoms. The van der Waals surface area contributed by atoms with E-state index in [1.54, 1.807) is 12.1 Å². The van der Waals surface area contributed by atoms with Crippen molar-refractivity contribution in [3.8, 4) is 0 Å². The summed E-state index contributed by atoms with van der Waals surface area (Å²) in [6.45, 7) is 0.608. The molecule has 0 radical (unpaired) electrons. The molecular weight excluding hydrogens is 353 g/mol. The van der Waals surface area contributed by atoms with E-state index in [1.165, 1.54) is 6.07 Å². The van der Waals surface area contributed by atoms with Gasteiger partial charge in [-0.05, 0) is 49.9 Å². The second-order valence-electron chi connectivity index (χ2n) is 6.84. The van der Waals surface area contributed by atoms with E-state index >= 15 is 0 Å². The van der Waals surface area contributed by atoms with Gasteiger partial charge >= 0.3 is 5.97 Å². The minimum absolute atomic E-state index is 0.0893. The van der Waals surface area contributed by atoms with Crippen LogP contribution in [0.5, 0.6) is 0 Å². The molecule has 26 heavy (non-hydrogen) atoms. The van der Waals surface area contributed by atoms with Crippen LogP contribution in [0.15, 0.2) is 36.4 Å². The Morgan fingerprint density at radius 1 is 1.23 bits per heavy atom. The molecule has 0 fully saturated rings. The molecule has 0 amide bonds. The molecule has 1 atom stereocenters.